The summed E-state index contributed by atoms with van der Waals surface area (Å²) in [4.78, 5) is 25.6. The van der Waals surface area contributed by atoms with Crippen LogP contribution in [0.5, 0.6) is 5.75 Å². The number of aryl methyl sites for hydroxylation is 1. The van der Waals surface area contributed by atoms with E-state index in [1.807, 2.05) is 19.1 Å². The van der Waals surface area contributed by atoms with Gasteiger partial charge in [-0.3, -0.25) is 4.79 Å². The predicted molar refractivity (Wildman–Crippen MR) is 83.9 cm³/mol. The molecule has 0 atom stereocenters. The van der Waals surface area contributed by atoms with Gasteiger partial charge in [-0.15, -0.1) is 0 Å². The Kier molecular flexibility index (Phi) is 5.05. The minimum absolute atomic E-state index is 0.0504. The molecule has 7 nitrogen and oxygen atoms in total. The van der Waals surface area contributed by atoms with E-state index in [1.165, 1.54) is 18.3 Å². The van der Waals surface area contributed by atoms with E-state index in [0.717, 1.165) is 10.0 Å². The van der Waals surface area contributed by atoms with Gasteiger partial charge in [-0.1, -0.05) is 6.07 Å². The quantitative estimate of drug-likeness (QED) is 0.648. The van der Waals surface area contributed by atoms with Crippen molar-refractivity contribution in [2.75, 3.05) is 11.9 Å². The molecular weight excluding hydrogens is 354 g/mol. The molecule has 1 aromatic heterocycles. The molecule has 1 heterocycles. The molecule has 0 saturated carbocycles. The Bertz CT molecular complexity index is 721. The Labute approximate surface area is 134 Å². The summed E-state index contributed by atoms with van der Waals surface area (Å²) in [5, 5.41) is 13.4. The smallest absolute Gasteiger partial charge is 0.406 e. The van der Waals surface area contributed by atoms with E-state index in [4.69, 9.17) is 4.74 Å². The first-order valence-corrected chi connectivity index (χ1v) is 7.05. The fourth-order valence-electron chi connectivity index (χ4n) is 1.68. The van der Waals surface area contributed by atoms with Crippen LogP contribution in [-0.2, 0) is 4.79 Å². The van der Waals surface area contributed by atoms with Crippen LogP contribution >= 0.6 is 15.9 Å². The molecular formula is C14H12BrN3O4. The SMILES string of the molecule is Cc1ccc(NC(=O)COc2cccnc2[N+](=O)[O-])c(Br)c1. The van der Waals surface area contributed by atoms with Gasteiger partial charge in [-0.05, 0) is 62.6 Å². The Morgan fingerprint density at radius 2 is 2.23 bits per heavy atom. The van der Waals surface area contributed by atoms with Crippen LogP contribution in [0.25, 0.3) is 0 Å². The third kappa shape index (κ3) is 4.01. The zero-order valence-corrected chi connectivity index (χ0v) is 13.2. The summed E-state index contributed by atoms with van der Waals surface area (Å²) < 4.78 is 5.91. The highest BCUT2D eigenvalue weighted by atomic mass is 79.9. The molecule has 0 unspecified atom stereocenters. The lowest BCUT2D eigenvalue weighted by Gasteiger charge is -2.09. The molecule has 8 heteroatoms. The summed E-state index contributed by atoms with van der Waals surface area (Å²) in [5.41, 5.74) is 1.65. The van der Waals surface area contributed by atoms with Crippen LogP contribution in [0.15, 0.2) is 41.0 Å². The molecule has 0 radical (unpaired) electrons. The first-order valence-electron chi connectivity index (χ1n) is 6.25. The second-order valence-electron chi connectivity index (χ2n) is 4.40. The zero-order chi connectivity index (χ0) is 16.1. The third-order valence-electron chi connectivity index (χ3n) is 2.68. The fourth-order valence-corrected chi connectivity index (χ4v) is 2.28. The molecule has 1 N–H and O–H groups in total. The number of halogens is 1. The molecule has 0 aliphatic carbocycles. The van der Waals surface area contributed by atoms with Crippen molar-refractivity contribution in [3.05, 3.63) is 56.7 Å². The molecule has 2 rings (SSSR count). The van der Waals surface area contributed by atoms with Gasteiger partial charge in [0, 0.05) is 4.47 Å². The number of nitrogens with one attached hydrogen (secondary N) is 1. The van der Waals surface area contributed by atoms with Crippen molar-refractivity contribution in [2.24, 2.45) is 0 Å². The van der Waals surface area contributed by atoms with Gasteiger partial charge in [-0.25, -0.2) is 0 Å². The van der Waals surface area contributed by atoms with Crippen LogP contribution in [0.4, 0.5) is 11.5 Å². The maximum absolute atomic E-state index is 11.9. The van der Waals surface area contributed by atoms with Gasteiger partial charge in [0.1, 0.15) is 6.20 Å². The normalized spacial score (nSPS) is 10.1. The molecule has 114 valence electrons. The van der Waals surface area contributed by atoms with Crippen LogP contribution < -0.4 is 10.1 Å². The number of ether oxygens (including phenoxy) is 1. The number of aromatic nitrogens is 1. The van der Waals surface area contributed by atoms with E-state index in [2.05, 4.69) is 26.2 Å². The summed E-state index contributed by atoms with van der Waals surface area (Å²) in [7, 11) is 0. The van der Waals surface area contributed by atoms with E-state index >= 15 is 0 Å². The lowest BCUT2D eigenvalue weighted by Crippen LogP contribution is -2.20. The maximum Gasteiger partial charge on any atom is 0.406 e. The highest BCUT2D eigenvalue weighted by Crippen LogP contribution is 2.24. The topological polar surface area (TPSA) is 94.4 Å². The van der Waals surface area contributed by atoms with E-state index in [-0.39, 0.29) is 12.4 Å². The molecule has 0 bridgehead atoms. The number of carbonyl (C=O) groups is 1. The molecule has 1 aromatic carbocycles. The molecule has 0 saturated heterocycles. The van der Waals surface area contributed by atoms with Crippen molar-refractivity contribution >= 4 is 33.3 Å². The first kappa shape index (κ1) is 15.9. The number of amides is 1. The van der Waals surface area contributed by atoms with Gasteiger partial charge >= 0.3 is 5.82 Å². The number of anilines is 1. The largest absolute Gasteiger partial charge is 0.476 e. The number of carbonyl (C=O) groups excluding carboxylic acids is 1. The zero-order valence-electron chi connectivity index (χ0n) is 11.6. The van der Waals surface area contributed by atoms with Crippen LogP contribution in [0, 0.1) is 17.0 Å². The Morgan fingerprint density at radius 1 is 1.45 bits per heavy atom. The number of nitro groups is 1. The number of hydrogen-bond donors (Lipinski definition) is 1. The Balaban J connectivity index is 2.00. The minimum Gasteiger partial charge on any atom is -0.476 e. The third-order valence-corrected chi connectivity index (χ3v) is 3.34. The number of rotatable bonds is 5. The van der Waals surface area contributed by atoms with Gasteiger partial charge in [0.05, 0.1) is 5.69 Å². The van der Waals surface area contributed by atoms with Crippen molar-refractivity contribution < 1.29 is 14.5 Å². The van der Waals surface area contributed by atoms with Gasteiger partial charge in [0.2, 0.25) is 5.75 Å². The second-order valence-corrected chi connectivity index (χ2v) is 5.26. The molecule has 0 aliphatic heterocycles. The van der Waals surface area contributed by atoms with Crippen molar-refractivity contribution in [2.45, 2.75) is 6.92 Å². The molecule has 2 aromatic rings. The van der Waals surface area contributed by atoms with Crippen LogP contribution in [0.3, 0.4) is 0 Å². The van der Waals surface area contributed by atoms with Crippen molar-refractivity contribution in [1.29, 1.82) is 0 Å². The Hall–Kier alpha value is -2.48. The Morgan fingerprint density at radius 3 is 2.91 bits per heavy atom. The molecule has 0 spiro atoms. The first-order chi connectivity index (χ1) is 10.5. The van der Waals surface area contributed by atoms with Gasteiger partial charge in [0.25, 0.3) is 5.91 Å². The number of hydrogen-bond acceptors (Lipinski definition) is 5. The van der Waals surface area contributed by atoms with Gasteiger partial charge < -0.3 is 20.2 Å². The van der Waals surface area contributed by atoms with Crippen molar-refractivity contribution in [1.82, 2.24) is 4.98 Å². The monoisotopic (exact) mass is 365 g/mol. The molecule has 1 amide bonds. The van der Waals surface area contributed by atoms with Crippen molar-refractivity contribution in [3.8, 4) is 5.75 Å². The lowest BCUT2D eigenvalue weighted by molar-refractivity contribution is -0.390. The van der Waals surface area contributed by atoms with Crippen LogP contribution in [0.2, 0.25) is 0 Å². The summed E-state index contributed by atoms with van der Waals surface area (Å²) in [6.07, 6.45) is 1.29. The molecule has 22 heavy (non-hydrogen) atoms. The number of pyridine rings is 1. The second kappa shape index (κ2) is 6.99. The number of nitrogens with zero attached hydrogens (tertiary/aromatic N) is 2. The van der Waals surface area contributed by atoms with Crippen LogP contribution in [-0.4, -0.2) is 22.4 Å². The summed E-state index contributed by atoms with van der Waals surface area (Å²) >= 11 is 3.35. The molecule has 0 aliphatic rings. The highest BCUT2D eigenvalue weighted by Gasteiger charge is 2.16. The van der Waals surface area contributed by atoms with Gasteiger partial charge in [0.15, 0.2) is 6.61 Å². The average Bonchev–Trinajstić information content (AvgIpc) is 2.48. The summed E-state index contributed by atoms with van der Waals surface area (Å²) in [5.74, 6) is -0.903. The van der Waals surface area contributed by atoms with E-state index in [0.29, 0.717) is 5.69 Å². The van der Waals surface area contributed by atoms with E-state index < -0.39 is 16.6 Å². The highest BCUT2D eigenvalue weighted by molar-refractivity contribution is 9.10. The summed E-state index contributed by atoms with van der Waals surface area (Å²) in [6, 6.07) is 8.36. The fraction of sp³-hybridized carbons (Fsp3) is 0.143. The maximum atomic E-state index is 11.9. The molecule has 0 fully saturated rings. The van der Waals surface area contributed by atoms with Gasteiger partial charge in [-0.2, -0.15) is 0 Å². The standard InChI is InChI=1S/C14H12BrN3O4/c1-9-4-5-11(10(15)7-9)17-13(19)8-22-12-3-2-6-16-14(12)18(20)21/h2-7H,8H2,1H3,(H,17,19). The van der Waals surface area contributed by atoms with E-state index in [9.17, 15) is 14.9 Å². The number of benzene rings is 1. The minimum atomic E-state index is -0.663. The predicted octanol–water partition coefficient (Wildman–Crippen LogP) is 3.08. The van der Waals surface area contributed by atoms with Crippen LogP contribution in [0.1, 0.15) is 5.56 Å². The average molecular weight is 366 g/mol. The summed E-state index contributed by atoms with van der Waals surface area (Å²) in [6.45, 7) is 1.58. The lowest BCUT2D eigenvalue weighted by atomic mass is 10.2. The van der Waals surface area contributed by atoms with Crippen molar-refractivity contribution in [3.63, 3.8) is 0 Å². The van der Waals surface area contributed by atoms with E-state index in [1.54, 1.807) is 6.07 Å².